The molecule has 3 nitrogen and oxygen atoms in total. The summed E-state index contributed by atoms with van der Waals surface area (Å²) in [6.45, 7) is 6.56. The number of aromatic nitrogens is 2. The Morgan fingerprint density at radius 1 is 1.24 bits per heavy atom. The lowest BCUT2D eigenvalue weighted by Gasteiger charge is -2.29. The summed E-state index contributed by atoms with van der Waals surface area (Å²) in [7, 11) is 0. The molecule has 1 aliphatic rings. The molecule has 2 aromatic rings. The zero-order chi connectivity index (χ0) is 14.7. The number of rotatable bonds is 5. The molecule has 114 valence electrons. The smallest absolute Gasteiger partial charge is 0.123 e. The van der Waals surface area contributed by atoms with Crippen molar-refractivity contribution in [2.75, 3.05) is 0 Å². The van der Waals surface area contributed by atoms with E-state index in [2.05, 4.69) is 48.0 Å². The highest BCUT2D eigenvalue weighted by atomic mass is 15.1. The van der Waals surface area contributed by atoms with E-state index >= 15 is 0 Å². The summed E-state index contributed by atoms with van der Waals surface area (Å²) in [5.74, 6) is 1.98. The molecule has 1 saturated carbocycles. The van der Waals surface area contributed by atoms with E-state index < -0.39 is 0 Å². The average Bonchev–Trinajstić information content (AvgIpc) is 2.85. The van der Waals surface area contributed by atoms with Crippen molar-refractivity contribution in [3.8, 4) is 0 Å². The Balaban J connectivity index is 1.77. The second-order valence-corrected chi connectivity index (χ2v) is 6.42. The minimum Gasteiger partial charge on any atom is -0.327 e. The second kappa shape index (κ2) is 6.61. The summed E-state index contributed by atoms with van der Waals surface area (Å²) in [6.07, 6.45) is 6.59. The normalized spacial score (nSPS) is 22.8. The molecule has 0 radical (unpaired) electrons. The van der Waals surface area contributed by atoms with Gasteiger partial charge >= 0.3 is 0 Å². The Bertz CT molecular complexity index is 587. The van der Waals surface area contributed by atoms with Crippen molar-refractivity contribution in [2.45, 2.75) is 65.1 Å². The van der Waals surface area contributed by atoms with Gasteiger partial charge in [0.15, 0.2) is 0 Å². The van der Waals surface area contributed by atoms with Crippen LogP contribution in [0.3, 0.4) is 0 Å². The minimum absolute atomic E-state index is 0.661. The number of benzene rings is 1. The highest BCUT2D eigenvalue weighted by Crippen LogP contribution is 2.24. The largest absolute Gasteiger partial charge is 0.327 e. The van der Waals surface area contributed by atoms with Gasteiger partial charge in [0, 0.05) is 12.6 Å². The van der Waals surface area contributed by atoms with E-state index in [1.54, 1.807) is 0 Å². The molecule has 1 N–H and O–H groups in total. The van der Waals surface area contributed by atoms with Crippen molar-refractivity contribution in [3.63, 3.8) is 0 Å². The molecule has 1 fully saturated rings. The first-order valence-corrected chi connectivity index (χ1v) is 8.47. The van der Waals surface area contributed by atoms with Crippen LogP contribution < -0.4 is 5.32 Å². The number of nitrogens with one attached hydrogen (secondary N) is 1. The Labute approximate surface area is 127 Å². The van der Waals surface area contributed by atoms with Crippen LogP contribution in [0.4, 0.5) is 0 Å². The average molecular weight is 285 g/mol. The third-order valence-electron chi connectivity index (χ3n) is 4.81. The number of para-hydroxylation sites is 2. The lowest BCUT2D eigenvalue weighted by molar-refractivity contribution is 0.277. The zero-order valence-corrected chi connectivity index (χ0v) is 13.3. The van der Waals surface area contributed by atoms with Gasteiger partial charge in [-0.15, -0.1) is 0 Å². The predicted octanol–water partition coefficient (Wildman–Crippen LogP) is 4.11. The molecule has 0 bridgehead atoms. The molecule has 21 heavy (non-hydrogen) atoms. The number of nitrogens with zero attached hydrogens (tertiary/aromatic N) is 2. The van der Waals surface area contributed by atoms with Crippen LogP contribution >= 0.6 is 0 Å². The number of hydrogen-bond acceptors (Lipinski definition) is 2. The zero-order valence-electron chi connectivity index (χ0n) is 13.3. The van der Waals surface area contributed by atoms with Crippen LogP contribution in [0, 0.1) is 5.92 Å². The van der Waals surface area contributed by atoms with E-state index in [1.165, 1.54) is 37.0 Å². The third-order valence-corrected chi connectivity index (χ3v) is 4.81. The molecule has 1 aliphatic carbocycles. The van der Waals surface area contributed by atoms with Crippen molar-refractivity contribution in [1.29, 1.82) is 0 Å². The van der Waals surface area contributed by atoms with Gasteiger partial charge < -0.3 is 9.88 Å². The van der Waals surface area contributed by atoms with Gasteiger partial charge in [-0.3, -0.25) is 0 Å². The summed E-state index contributed by atoms with van der Waals surface area (Å²) in [5.41, 5.74) is 2.40. The lowest BCUT2D eigenvalue weighted by atomic mass is 9.86. The maximum Gasteiger partial charge on any atom is 0.123 e. The lowest BCUT2D eigenvalue weighted by Crippen LogP contribution is -2.37. The van der Waals surface area contributed by atoms with Crippen LogP contribution in [0.5, 0.6) is 0 Å². The van der Waals surface area contributed by atoms with Crippen LogP contribution in [-0.2, 0) is 13.1 Å². The fourth-order valence-corrected chi connectivity index (χ4v) is 3.58. The van der Waals surface area contributed by atoms with E-state index in [0.717, 1.165) is 30.9 Å². The summed E-state index contributed by atoms with van der Waals surface area (Å²) in [4.78, 5) is 4.84. The van der Waals surface area contributed by atoms with Gasteiger partial charge in [-0.05, 0) is 37.3 Å². The van der Waals surface area contributed by atoms with Crippen molar-refractivity contribution >= 4 is 11.0 Å². The van der Waals surface area contributed by atoms with E-state index in [4.69, 9.17) is 4.98 Å². The summed E-state index contributed by atoms with van der Waals surface area (Å²) in [6, 6.07) is 9.15. The molecule has 2 unspecified atom stereocenters. The van der Waals surface area contributed by atoms with Crippen molar-refractivity contribution in [3.05, 3.63) is 30.1 Å². The monoisotopic (exact) mass is 285 g/mol. The second-order valence-electron chi connectivity index (χ2n) is 6.42. The van der Waals surface area contributed by atoms with Crippen LogP contribution in [0.1, 0.15) is 51.8 Å². The highest BCUT2D eigenvalue weighted by Gasteiger charge is 2.21. The molecule has 0 amide bonds. The predicted molar refractivity (Wildman–Crippen MR) is 88.3 cm³/mol. The Hall–Kier alpha value is -1.35. The quantitative estimate of drug-likeness (QED) is 0.895. The minimum atomic E-state index is 0.661. The maximum atomic E-state index is 4.84. The first-order chi connectivity index (χ1) is 10.3. The topological polar surface area (TPSA) is 29.9 Å². The first-order valence-electron chi connectivity index (χ1n) is 8.47. The first kappa shape index (κ1) is 14.6. The number of aryl methyl sites for hydroxylation is 1. The molecule has 1 aromatic carbocycles. The van der Waals surface area contributed by atoms with Gasteiger partial charge in [0.2, 0.25) is 0 Å². The van der Waals surface area contributed by atoms with Crippen molar-refractivity contribution in [1.82, 2.24) is 14.9 Å². The van der Waals surface area contributed by atoms with Crippen molar-refractivity contribution < 1.29 is 0 Å². The molecule has 2 atom stereocenters. The van der Waals surface area contributed by atoms with Gasteiger partial charge in [-0.25, -0.2) is 4.98 Å². The molecule has 3 heteroatoms. The molecule has 1 aromatic heterocycles. The Morgan fingerprint density at radius 2 is 2.05 bits per heavy atom. The summed E-state index contributed by atoms with van der Waals surface area (Å²) < 4.78 is 2.38. The maximum absolute atomic E-state index is 4.84. The third kappa shape index (κ3) is 3.13. The summed E-state index contributed by atoms with van der Waals surface area (Å²) in [5, 5.41) is 3.76. The Morgan fingerprint density at radius 3 is 2.86 bits per heavy atom. The molecular formula is C18H27N3. The van der Waals surface area contributed by atoms with E-state index in [-0.39, 0.29) is 0 Å². The molecule has 3 rings (SSSR count). The highest BCUT2D eigenvalue weighted by molar-refractivity contribution is 5.75. The van der Waals surface area contributed by atoms with Gasteiger partial charge in [0.1, 0.15) is 5.82 Å². The van der Waals surface area contributed by atoms with Crippen LogP contribution in [-0.4, -0.2) is 15.6 Å². The SMILES string of the molecule is CCCn1c(CNC2CCCCC2C)nc2ccccc21. The fraction of sp³-hybridized carbons (Fsp3) is 0.611. The van der Waals surface area contributed by atoms with E-state index in [1.807, 2.05) is 0 Å². The Kier molecular flexibility index (Phi) is 4.59. The molecule has 0 saturated heterocycles. The van der Waals surface area contributed by atoms with Gasteiger partial charge in [0.25, 0.3) is 0 Å². The van der Waals surface area contributed by atoms with Gasteiger partial charge in [0.05, 0.1) is 17.6 Å². The van der Waals surface area contributed by atoms with Crippen molar-refractivity contribution in [2.24, 2.45) is 5.92 Å². The fourth-order valence-electron chi connectivity index (χ4n) is 3.58. The van der Waals surface area contributed by atoms with Gasteiger partial charge in [-0.1, -0.05) is 38.8 Å². The molecular weight excluding hydrogens is 258 g/mol. The van der Waals surface area contributed by atoms with Crippen LogP contribution in [0.25, 0.3) is 11.0 Å². The standard InChI is InChI=1S/C18H27N3/c1-3-12-21-17-11-7-6-10-16(17)20-18(21)13-19-15-9-5-4-8-14(15)2/h6-7,10-11,14-15,19H,3-5,8-9,12-13H2,1-2H3. The summed E-state index contributed by atoms with van der Waals surface area (Å²) >= 11 is 0. The van der Waals surface area contributed by atoms with Gasteiger partial charge in [-0.2, -0.15) is 0 Å². The van der Waals surface area contributed by atoms with Crippen LogP contribution in [0.15, 0.2) is 24.3 Å². The van der Waals surface area contributed by atoms with Crippen LogP contribution in [0.2, 0.25) is 0 Å². The van der Waals surface area contributed by atoms with E-state index in [9.17, 15) is 0 Å². The molecule has 0 spiro atoms. The molecule has 0 aliphatic heterocycles. The number of fused-ring (bicyclic) bond motifs is 1. The molecule has 1 heterocycles. The number of imidazole rings is 1. The number of hydrogen-bond donors (Lipinski definition) is 1. The van der Waals surface area contributed by atoms with E-state index in [0.29, 0.717) is 6.04 Å².